The van der Waals surface area contributed by atoms with Gasteiger partial charge in [0.1, 0.15) is 16.1 Å². The van der Waals surface area contributed by atoms with E-state index in [0.29, 0.717) is 49.4 Å². The second-order valence-corrected chi connectivity index (χ2v) is 8.80. The van der Waals surface area contributed by atoms with E-state index in [9.17, 15) is 4.79 Å². The highest BCUT2D eigenvalue weighted by molar-refractivity contribution is 7.18. The monoisotopic (exact) mass is 376 g/mol. The Bertz CT molecular complexity index is 753. The third-order valence-corrected chi connectivity index (χ3v) is 5.92. The molecule has 0 saturated heterocycles. The van der Waals surface area contributed by atoms with Gasteiger partial charge < -0.3 is 14.3 Å². The van der Waals surface area contributed by atoms with Gasteiger partial charge in [0.15, 0.2) is 0 Å². The molecule has 0 amide bonds. The number of Topliss-reactive ketones (excluding diaryl/α,β-unsaturated/α-hetero) is 1. The molecule has 5 nitrogen and oxygen atoms in total. The van der Waals surface area contributed by atoms with Gasteiger partial charge >= 0.3 is 0 Å². The molecule has 0 unspecified atom stereocenters. The zero-order valence-electron chi connectivity index (χ0n) is 16.0. The van der Waals surface area contributed by atoms with Crippen LogP contribution in [-0.4, -0.2) is 35.1 Å². The van der Waals surface area contributed by atoms with Crippen molar-refractivity contribution in [2.75, 3.05) is 13.2 Å². The number of aromatic nitrogens is 2. The molecule has 1 saturated carbocycles. The number of thiazole rings is 1. The summed E-state index contributed by atoms with van der Waals surface area (Å²) in [5, 5.41) is 1.11. The molecule has 1 aliphatic carbocycles. The summed E-state index contributed by atoms with van der Waals surface area (Å²) in [5.41, 5.74) is 0.947. The molecule has 0 spiro atoms. The van der Waals surface area contributed by atoms with Gasteiger partial charge in [0.05, 0.1) is 17.7 Å². The second kappa shape index (κ2) is 8.44. The van der Waals surface area contributed by atoms with E-state index >= 15 is 0 Å². The quantitative estimate of drug-likeness (QED) is 0.640. The van der Waals surface area contributed by atoms with Crippen LogP contribution in [-0.2, 0) is 9.53 Å². The van der Waals surface area contributed by atoms with Crippen molar-refractivity contribution in [2.24, 2.45) is 11.8 Å². The number of hydrogen-bond donors (Lipinski definition) is 0. The molecule has 2 heterocycles. The van der Waals surface area contributed by atoms with Crippen LogP contribution in [0.2, 0.25) is 0 Å². The summed E-state index contributed by atoms with van der Waals surface area (Å²) < 4.78 is 11.8. The lowest BCUT2D eigenvalue weighted by molar-refractivity contribution is -0.119. The van der Waals surface area contributed by atoms with Crippen molar-refractivity contribution in [3.63, 3.8) is 0 Å². The van der Waals surface area contributed by atoms with Crippen LogP contribution >= 0.6 is 11.3 Å². The number of carbonyl (C=O) groups excluding carboxylic acids is 1. The first kappa shape index (κ1) is 19.2. The molecule has 1 fully saturated rings. The number of ketones is 1. The van der Waals surface area contributed by atoms with Crippen molar-refractivity contribution < 1.29 is 14.3 Å². The van der Waals surface area contributed by atoms with E-state index in [0.717, 1.165) is 28.2 Å². The van der Waals surface area contributed by atoms with E-state index in [-0.39, 0.29) is 5.78 Å². The summed E-state index contributed by atoms with van der Waals surface area (Å²) in [5.74, 6) is 2.15. The van der Waals surface area contributed by atoms with Crippen molar-refractivity contribution in [1.82, 2.24) is 9.97 Å². The minimum absolute atomic E-state index is 0.229. The first-order valence-corrected chi connectivity index (χ1v) is 10.2. The van der Waals surface area contributed by atoms with E-state index in [1.165, 1.54) is 0 Å². The Hall–Kier alpha value is -1.53. The predicted octanol–water partition coefficient (Wildman–Crippen LogP) is 4.60. The van der Waals surface area contributed by atoms with E-state index in [1.54, 1.807) is 18.3 Å². The van der Waals surface area contributed by atoms with Crippen LogP contribution in [0.3, 0.4) is 0 Å². The fourth-order valence-electron chi connectivity index (χ4n) is 3.14. The first-order valence-electron chi connectivity index (χ1n) is 9.42. The highest BCUT2D eigenvalue weighted by Crippen LogP contribution is 2.32. The molecule has 0 bridgehead atoms. The van der Waals surface area contributed by atoms with Crippen LogP contribution in [0.1, 0.15) is 57.9 Å². The van der Waals surface area contributed by atoms with Crippen molar-refractivity contribution >= 4 is 27.5 Å². The zero-order chi connectivity index (χ0) is 18.7. The standard InChI is InChI=1S/C20H28N2O3S/c1-12(2)19-21-17-5-6-18(22-20(17)26-19)25-11-15-8-16(9-15)24-10-13(3)7-14(4)23/h5-6,12-13,15-16H,7-11H2,1-4H3/t13-,15?,16?/m1/s1. The van der Waals surface area contributed by atoms with Crippen molar-refractivity contribution in [3.05, 3.63) is 17.1 Å². The summed E-state index contributed by atoms with van der Waals surface area (Å²) in [4.78, 5) is 21.2. The number of fused-ring (bicyclic) bond motifs is 1. The van der Waals surface area contributed by atoms with Gasteiger partial charge in [0, 0.05) is 25.0 Å². The molecule has 6 heteroatoms. The predicted molar refractivity (Wildman–Crippen MR) is 104 cm³/mol. The number of ether oxygens (including phenoxy) is 2. The highest BCUT2D eigenvalue weighted by Gasteiger charge is 2.30. The van der Waals surface area contributed by atoms with Crippen LogP contribution in [0.25, 0.3) is 10.3 Å². The fraction of sp³-hybridized carbons (Fsp3) is 0.650. The number of pyridine rings is 1. The summed E-state index contributed by atoms with van der Waals surface area (Å²) in [6.07, 6.45) is 2.95. The number of carbonyl (C=O) groups is 1. The third kappa shape index (κ3) is 5.01. The van der Waals surface area contributed by atoms with E-state index in [1.807, 2.05) is 12.1 Å². The molecular formula is C20H28N2O3S. The summed E-state index contributed by atoms with van der Waals surface area (Å²) in [7, 11) is 0. The number of rotatable bonds is 9. The Morgan fingerprint density at radius 1 is 1.27 bits per heavy atom. The molecule has 1 atom stereocenters. The van der Waals surface area contributed by atoms with Crippen LogP contribution in [0.15, 0.2) is 12.1 Å². The van der Waals surface area contributed by atoms with Gasteiger partial charge in [-0.1, -0.05) is 32.1 Å². The van der Waals surface area contributed by atoms with Crippen molar-refractivity contribution in [2.45, 2.75) is 59.0 Å². The van der Waals surface area contributed by atoms with Crippen molar-refractivity contribution in [3.8, 4) is 5.88 Å². The number of hydrogen-bond acceptors (Lipinski definition) is 6. The molecule has 3 rings (SSSR count). The lowest BCUT2D eigenvalue weighted by Crippen LogP contribution is -2.36. The van der Waals surface area contributed by atoms with Gasteiger partial charge in [-0.2, -0.15) is 0 Å². The lowest BCUT2D eigenvalue weighted by Gasteiger charge is -2.35. The maximum Gasteiger partial charge on any atom is 0.214 e. The molecule has 1 aliphatic rings. The van der Waals surface area contributed by atoms with Gasteiger partial charge in [-0.15, -0.1) is 0 Å². The third-order valence-electron chi connectivity index (χ3n) is 4.65. The summed E-state index contributed by atoms with van der Waals surface area (Å²) in [6, 6.07) is 3.89. The van der Waals surface area contributed by atoms with Crippen molar-refractivity contribution in [1.29, 1.82) is 0 Å². The molecule has 2 aromatic rings. The van der Waals surface area contributed by atoms with Gasteiger partial charge in [-0.05, 0) is 37.7 Å². The van der Waals surface area contributed by atoms with Crippen LogP contribution in [0.4, 0.5) is 0 Å². The Kier molecular flexibility index (Phi) is 6.24. The maximum absolute atomic E-state index is 11.1. The van der Waals surface area contributed by atoms with Crippen LogP contribution < -0.4 is 4.74 Å². The molecular weight excluding hydrogens is 348 g/mol. The van der Waals surface area contributed by atoms with Gasteiger partial charge in [0.25, 0.3) is 0 Å². The maximum atomic E-state index is 11.1. The summed E-state index contributed by atoms with van der Waals surface area (Å²) >= 11 is 1.64. The SMILES string of the molecule is CC(=O)C[C@@H](C)COC1CC(COc2ccc3nc(C(C)C)sc3n2)C1. The normalized spacial score (nSPS) is 21.0. The second-order valence-electron chi connectivity index (χ2n) is 7.80. The number of nitrogens with zero attached hydrogens (tertiary/aromatic N) is 2. The first-order chi connectivity index (χ1) is 12.4. The topological polar surface area (TPSA) is 61.3 Å². The Morgan fingerprint density at radius 2 is 2.04 bits per heavy atom. The fourth-order valence-corrected chi connectivity index (χ4v) is 4.08. The molecule has 2 aromatic heterocycles. The molecule has 0 aromatic carbocycles. The highest BCUT2D eigenvalue weighted by atomic mass is 32.1. The summed E-state index contributed by atoms with van der Waals surface area (Å²) in [6.45, 7) is 9.33. The van der Waals surface area contributed by atoms with E-state index in [4.69, 9.17) is 9.47 Å². The average Bonchev–Trinajstić information content (AvgIpc) is 2.95. The molecule has 0 N–H and O–H groups in total. The smallest absolute Gasteiger partial charge is 0.214 e. The minimum atomic E-state index is 0.229. The lowest BCUT2D eigenvalue weighted by atomic mass is 9.83. The van der Waals surface area contributed by atoms with Gasteiger partial charge in [-0.3, -0.25) is 0 Å². The molecule has 0 radical (unpaired) electrons. The van der Waals surface area contributed by atoms with Crippen LogP contribution in [0.5, 0.6) is 5.88 Å². The van der Waals surface area contributed by atoms with Crippen LogP contribution in [0, 0.1) is 11.8 Å². The zero-order valence-corrected chi connectivity index (χ0v) is 16.8. The Balaban J connectivity index is 1.40. The Labute approximate surface area is 159 Å². The Morgan fingerprint density at radius 3 is 2.73 bits per heavy atom. The average molecular weight is 377 g/mol. The van der Waals surface area contributed by atoms with E-state index < -0.39 is 0 Å². The molecule has 26 heavy (non-hydrogen) atoms. The molecule has 142 valence electrons. The molecule has 0 aliphatic heterocycles. The van der Waals surface area contributed by atoms with Gasteiger partial charge in [0.2, 0.25) is 5.88 Å². The largest absolute Gasteiger partial charge is 0.477 e. The minimum Gasteiger partial charge on any atom is -0.477 e. The van der Waals surface area contributed by atoms with E-state index in [2.05, 4.69) is 30.7 Å². The van der Waals surface area contributed by atoms with Gasteiger partial charge in [-0.25, -0.2) is 9.97 Å².